The van der Waals surface area contributed by atoms with Gasteiger partial charge in [-0.25, -0.2) is 12.8 Å². The van der Waals surface area contributed by atoms with Crippen LogP contribution in [0.5, 0.6) is 5.75 Å². The van der Waals surface area contributed by atoms with Crippen molar-refractivity contribution in [3.63, 3.8) is 0 Å². The van der Waals surface area contributed by atoms with Gasteiger partial charge in [0.25, 0.3) is 0 Å². The average Bonchev–Trinajstić information content (AvgIpc) is 2.52. The number of ether oxygens (including phenoxy) is 1. The Morgan fingerprint density at radius 3 is 2.48 bits per heavy atom. The molecule has 0 spiro atoms. The van der Waals surface area contributed by atoms with Gasteiger partial charge in [0.05, 0.1) is 17.8 Å². The Bertz CT molecular complexity index is 912. The van der Waals surface area contributed by atoms with Gasteiger partial charge in [-0.3, -0.25) is 4.79 Å². The number of benzene rings is 2. The van der Waals surface area contributed by atoms with Crippen molar-refractivity contribution in [3.05, 3.63) is 65.0 Å². The molecule has 2 aromatic carbocycles. The molecule has 0 unspecified atom stereocenters. The summed E-state index contributed by atoms with van der Waals surface area (Å²) in [5.74, 6) is -0.846. The van der Waals surface area contributed by atoms with E-state index in [0.717, 1.165) is 18.2 Å². The van der Waals surface area contributed by atoms with Crippen LogP contribution in [0.1, 0.15) is 15.9 Å². The number of ketones is 1. The van der Waals surface area contributed by atoms with Crippen LogP contribution in [0.2, 0.25) is 0 Å². The van der Waals surface area contributed by atoms with Gasteiger partial charge in [-0.1, -0.05) is 12.1 Å². The fraction of sp³-hybridized carbons (Fsp3) is 0.118. The van der Waals surface area contributed by atoms with Crippen LogP contribution in [0.3, 0.4) is 0 Å². The van der Waals surface area contributed by atoms with Gasteiger partial charge < -0.3 is 4.74 Å². The van der Waals surface area contributed by atoms with Crippen molar-refractivity contribution < 1.29 is 22.3 Å². The summed E-state index contributed by atoms with van der Waals surface area (Å²) < 4.78 is 43.0. The van der Waals surface area contributed by atoms with Crippen molar-refractivity contribution in [3.8, 4) is 5.75 Å². The molecule has 2 aromatic rings. The Morgan fingerprint density at radius 2 is 1.83 bits per heavy atom. The Kier molecular flexibility index (Phi) is 3.77. The zero-order valence-corrected chi connectivity index (χ0v) is 13.1. The zero-order chi connectivity index (χ0) is 16.6. The first-order chi connectivity index (χ1) is 10.9. The molecule has 23 heavy (non-hydrogen) atoms. The van der Waals surface area contributed by atoms with Gasteiger partial charge in [-0.05, 0) is 42.0 Å². The molecule has 3 rings (SSSR count). The molecule has 1 aliphatic rings. The molecular formula is C17H13FO4S. The first kappa shape index (κ1) is 15.4. The lowest BCUT2D eigenvalue weighted by atomic mass is 10.0. The third kappa shape index (κ3) is 2.90. The van der Waals surface area contributed by atoms with Crippen LogP contribution in [-0.4, -0.2) is 27.1 Å². The molecule has 118 valence electrons. The van der Waals surface area contributed by atoms with Gasteiger partial charge >= 0.3 is 0 Å². The van der Waals surface area contributed by atoms with Crippen LogP contribution in [0.15, 0.2) is 52.9 Å². The van der Waals surface area contributed by atoms with Crippen molar-refractivity contribution in [2.75, 3.05) is 12.9 Å². The Balaban J connectivity index is 2.08. The quantitative estimate of drug-likeness (QED) is 0.627. The van der Waals surface area contributed by atoms with Crippen LogP contribution in [0.4, 0.5) is 4.39 Å². The highest BCUT2D eigenvalue weighted by atomic mass is 32.2. The fourth-order valence-electron chi connectivity index (χ4n) is 2.48. The van der Waals surface area contributed by atoms with E-state index in [9.17, 15) is 17.6 Å². The maximum absolute atomic E-state index is 13.4. The van der Waals surface area contributed by atoms with Gasteiger partial charge in [0.15, 0.2) is 15.6 Å². The molecule has 0 bridgehead atoms. The van der Waals surface area contributed by atoms with E-state index in [1.807, 2.05) is 0 Å². The summed E-state index contributed by atoms with van der Waals surface area (Å²) >= 11 is 0. The number of methoxy groups -OCH3 is 1. The van der Waals surface area contributed by atoms with E-state index in [1.165, 1.54) is 13.2 Å². The largest absolute Gasteiger partial charge is 0.497 e. The molecule has 0 atom stereocenters. The van der Waals surface area contributed by atoms with E-state index in [1.54, 1.807) is 24.3 Å². The molecule has 0 aromatic heterocycles. The number of rotatable bonds is 2. The molecule has 1 aliphatic heterocycles. The fourth-order valence-corrected chi connectivity index (χ4v) is 4.02. The monoisotopic (exact) mass is 332 g/mol. The average molecular weight is 332 g/mol. The first-order valence-corrected chi connectivity index (χ1v) is 8.47. The number of carbonyl (C=O) groups excluding carboxylic acids is 1. The minimum absolute atomic E-state index is 0.115. The second-order valence-electron chi connectivity index (χ2n) is 5.17. The number of carbonyl (C=O) groups is 1. The van der Waals surface area contributed by atoms with Crippen molar-refractivity contribution in [1.82, 2.24) is 0 Å². The zero-order valence-electron chi connectivity index (χ0n) is 12.2. The van der Waals surface area contributed by atoms with Crippen LogP contribution in [-0.2, 0) is 9.84 Å². The Morgan fingerprint density at radius 1 is 1.13 bits per heavy atom. The summed E-state index contributed by atoms with van der Waals surface area (Å²) in [6.07, 6.45) is 1.51. The molecule has 0 saturated heterocycles. The summed E-state index contributed by atoms with van der Waals surface area (Å²) in [7, 11) is -2.12. The van der Waals surface area contributed by atoms with Crippen molar-refractivity contribution in [2.45, 2.75) is 4.90 Å². The standard InChI is InChI=1S/C17H13FO4S/c1-22-14-5-2-11(3-6-14)8-12-10-23(20,21)16-7-4-13(18)9-15(16)17(12)19/h2-9H,10H2,1H3/b12-8-. The molecule has 4 nitrogen and oxygen atoms in total. The van der Waals surface area contributed by atoms with Crippen molar-refractivity contribution >= 4 is 21.7 Å². The molecule has 1 heterocycles. The molecule has 0 saturated carbocycles. The summed E-state index contributed by atoms with van der Waals surface area (Å²) in [5, 5.41) is 0. The topological polar surface area (TPSA) is 60.4 Å². The van der Waals surface area contributed by atoms with Crippen LogP contribution in [0, 0.1) is 5.82 Å². The van der Waals surface area contributed by atoms with Gasteiger partial charge in [-0.15, -0.1) is 0 Å². The van der Waals surface area contributed by atoms with E-state index in [-0.39, 0.29) is 16.0 Å². The Hall–Kier alpha value is -2.47. The third-order valence-corrected chi connectivity index (χ3v) is 5.33. The number of sulfone groups is 1. The maximum atomic E-state index is 13.4. The second-order valence-corrected chi connectivity index (χ2v) is 7.13. The van der Waals surface area contributed by atoms with Gasteiger partial charge in [0, 0.05) is 11.1 Å². The van der Waals surface area contributed by atoms with Crippen LogP contribution in [0.25, 0.3) is 6.08 Å². The smallest absolute Gasteiger partial charge is 0.191 e. The predicted octanol–water partition coefficient (Wildman–Crippen LogP) is 2.89. The predicted molar refractivity (Wildman–Crippen MR) is 83.8 cm³/mol. The number of Topliss-reactive ketones (excluding diaryl/α,β-unsaturated/α-hetero) is 1. The summed E-state index contributed by atoms with van der Waals surface area (Å²) in [5.41, 5.74) is 0.675. The van der Waals surface area contributed by atoms with E-state index in [0.29, 0.717) is 11.3 Å². The molecule has 0 aliphatic carbocycles. The normalized spacial score (nSPS) is 17.8. The molecule has 0 fully saturated rings. The van der Waals surface area contributed by atoms with E-state index in [4.69, 9.17) is 4.74 Å². The lowest BCUT2D eigenvalue weighted by Crippen LogP contribution is -2.24. The summed E-state index contributed by atoms with van der Waals surface area (Å²) in [6.45, 7) is 0. The third-order valence-electron chi connectivity index (χ3n) is 3.62. The van der Waals surface area contributed by atoms with Crippen LogP contribution < -0.4 is 4.74 Å². The van der Waals surface area contributed by atoms with E-state index in [2.05, 4.69) is 0 Å². The molecular weight excluding hydrogens is 319 g/mol. The lowest BCUT2D eigenvalue weighted by molar-refractivity contribution is 0.103. The summed E-state index contributed by atoms with van der Waals surface area (Å²) in [4.78, 5) is 12.3. The van der Waals surface area contributed by atoms with Crippen molar-refractivity contribution in [2.24, 2.45) is 0 Å². The van der Waals surface area contributed by atoms with E-state index >= 15 is 0 Å². The number of hydrogen-bond donors (Lipinski definition) is 0. The number of halogens is 1. The molecule has 0 radical (unpaired) electrons. The molecule has 6 heteroatoms. The number of fused-ring (bicyclic) bond motifs is 1. The van der Waals surface area contributed by atoms with Gasteiger partial charge in [-0.2, -0.15) is 0 Å². The molecule has 0 N–H and O–H groups in total. The Labute approximate surface area is 133 Å². The number of hydrogen-bond acceptors (Lipinski definition) is 4. The van der Waals surface area contributed by atoms with Crippen molar-refractivity contribution in [1.29, 1.82) is 0 Å². The highest BCUT2D eigenvalue weighted by molar-refractivity contribution is 7.91. The first-order valence-electron chi connectivity index (χ1n) is 6.82. The SMILES string of the molecule is COc1ccc(/C=C2/CS(=O)(=O)c3ccc(F)cc3C2=O)cc1. The van der Waals surface area contributed by atoms with Crippen LogP contribution >= 0.6 is 0 Å². The van der Waals surface area contributed by atoms with E-state index < -0.39 is 27.2 Å². The minimum Gasteiger partial charge on any atom is -0.497 e. The molecule has 0 amide bonds. The highest BCUT2D eigenvalue weighted by Crippen LogP contribution is 2.29. The highest BCUT2D eigenvalue weighted by Gasteiger charge is 2.32. The minimum atomic E-state index is -3.65. The summed E-state index contributed by atoms with van der Waals surface area (Å²) in [6, 6.07) is 10.0. The maximum Gasteiger partial charge on any atom is 0.191 e. The lowest BCUT2D eigenvalue weighted by Gasteiger charge is -2.18. The van der Waals surface area contributed by atoms with Gasteiger partial charge in [0.2, 0.25) is 0 Å². The van der Waals surface area contributed by atoms with Gasteiger partial charge in [0.1, 0.15) is 11.6 Å². The second kappa shape index (κ2) is 5.62.